The van der Waals surface area contributed by atoms with E-state index in [4.69, 9.17) is 10.5 Å². The third-order valence-electron chi connectivity index (χ3n) is 4.14. The topological polar surface area (TPSA) is 64.4 Å². The van der Waals surface area contributed by atoms with Crippen LogP contribution >= 0.6 is 0 Å². The molecule has 0 aliphatic carbocycles. The first kappa shape index (κ1) is 12.6. The first-order chi connectivity index (χ1) is 9.26. The molecule has 0 spiro atoms. The van der Waals surface area contributed by atoms with Crippen LogP contribution in [0.2, 0.25) is 0 Å². The zero-order chi connectivity index (χ0) is 13.2. The summed E-state index contributed by atoms with van der Waals surface area (Å²) >= 11 is 0. The summed E-state index contributed by atoms with van der Waals surface area (Å²) in [5.74, 6) is 0.0713. The second-order valence-corrected chi connectivity index (χ2v) is 5.43. The van der Waals surface area contributed by atoms with E-state index in [-0.39, 0.29) is 18.1 Å². The summed E-state index contributed by atoms with van der Waals surface area (Å²) in [6, 6.07) is 8.05. The quantitative estimate of drug-likeness (QED) is 0.853. The molecule has 3 unspecified atom stereocenters. The summed E-state index contributed by atoms with van der Waals surface area (Å²) in [4.78, 5) is 12.1. The fourth-order valence-electron chi connectivity index (χ4n) is 3.15. The maximum atomic E-state index is 12.1. The molecule has 1 aromatic carbocycles. The molecule has 102 valence electrons. The number of rotatable bonds is 4. The van der Waals surface area contributed by atoms with Gasteiger partial charge in [0, 0.05) is 6.54 Å². The molecule has 1 aromatic rings. The average molecular weight is 260 g/mol. The van der Waals surface area contributed by atoms with E-state index in [9.17, 15) is 4.79 Å². The average Bonchev–Trinajstić information content (AvgIpc) is 3.01. The van der Waals surface area contributed by atoms with Crippen LogP contribution in [0.15, 0.2) is 24.3 Å². The van der Waals surface area contributed by atoms with Gasteiger partial charge in [0.05, 0.1) is 24.7 Å². The number of nitrogens with one attached hydrogen (secondary N) is 1. The van der Waals surface area contributed by atoms with Crippen LogP contribution in [0.5, 0.6) is 0 Å². The minimum atomic E-state index is 0.0713. The van der Waals surface area contributed by atoms with E-state index in [0.29, 0.717) is 19.1 Å². The molecule has 0 radical (unpaired) electrons. The standard InChI is InChI=1S/C15H20N2O2/c16-9-11-4-2-1-3-10(11)7-15(18)17-13-8-12-5-6-14(13)19-12/h1-4,12-14H,5-9,16H2,(H,17,18). The van der Waals surface area contributed by atoms with Crippen LogP contribution in [-0.2, 0) is 22.5 Å². The van der Waals surface area contributed by atoms with Crippen LogP contribution < -0.4 is 11.1 Å². The van der Waals surface area contributed by atoms with Gasteiger partial charge in [-0.15, -0.1) is 0 Å². The van der Waals surface area contributed by atoms with Crippen LogP contribution in [0.3, 0.4) is 0 Å². The lowest BCUT2D eigenvalue weighted by Gasteiger charge is -2.20. The highest BCUT2D eigenvalue weighted by Gasteiger charge is 2.41. The maximum absolute atomic E-state index is 12.1. The number of amides is 1. The molecule has 2 fully saturated rings. The number of fused-ring (bicyclic) bond motifs is 2. The highest BCUT2D eigenvalue weighted by atomic mass is 16.5. The molecule has 3 rings (SSSR count). The normalized spacial score (nSPS) is 28.6. The summed E-state index contributed by atoms with van der Waals surface area (Å²) in [5, 5.41) is 3.11. The van der Waals surface area contributed by atoms with Gasteiger partial charge >= 0.3 is 0 Å². The predicted octanol–water partition coefficient (Wildman–Crippen LogP) is 1.12. The van der Waals surface area contributed by atoms with Gasteiger partial charge in [-0.25, -0.2) is 0 Å². The van der Waals surface area contributed by atoms with E-state index in [1.165, 1.54) is 0 Å². The number of carbonyl (C=O) groups excluding carboxylic acids is 1. The molecule has 19 heavy (non-hydrogen) atoms. The zero-order valence-electron chi connectivity index (χ0n) is 11.0. The molecular formula is C15H20N2O2. The largest absolute Gasteiger partial charge is 0.373 e. The Morgan fingerprint density at radius 1 is 1.32 bits per heavy atom. The van der Waals surface area contributed by atoms with Gasteiger partial charge in [-0.1, -0.05) is 24.3 Å². The molecule has 2 aliphatic rings. The number of hydrogen-bond acceptors (Lipinski definition) is 3. The highest BCUT2D eigenvalue weighted by molar-refractivity contribution is 5.79. The molecule has 4 heteroatoms. The van der Waals surface area contributed by atoms with Gasteiger partial charge in [0.2, 0.25) is 5.91 Å². The molecule has 2 aliphatic heterocycles. The molecule has 2 heterocycles. The summed E-state index contributed by atoms with van der Waals surface area (Å²) in [6.07, 6.45) is 4.20. The third-order valence-corrected chi connectivity index (χ3v) is 4.14. The van der Waals surface area contributed by atoms with Gasteiger partial charge in [0.15, 0.2) is 0 Å². The van der Waals surface area contributed by atoms with E-state index in [1.54, 1.807) is 0 Å². The van der Waals surface area contributed by atoms with E-state index >= 15 is 0 Å². The fourth-order valence-corrected chi connectivity index (χ4v) is 3.15. The molecule has 3 atom stereocenters. The van der Waals surface area contributed by atoms with Crippen molar-refractivity contribution in [1.29, 1.82) is 0 Å². The second-order valence-electron chi connectivity index (χ2n) is 5.43. The molecule has 2 saturated heterocycles. The SMILES string of the molecule is NCc1ccccc1CC(=O)NC1CC2CCC1O2. The molecule has 4 nitrogen and oxygen atoms in total. The van der Waals surface area contributed by atoms with E-state index in [0.717, 1.165) is 30.4 Å². The first-order valence-corrected chi connectivity index (χ1v) is 6.98. The molecule has 0 aromatic heterocycles. The Bertz CT molecular complexity index is 475. The van der Waals surface area contributed by atoms with Crippen LogP contribution in [0.25, 0.3) is 0 Å². The number of benzene rings is 1. The number of carbonyl (C=O) groups is 1. The molecule has 1 amide bonds. The van der Waals surface area contributed by atoms with E-state index in [2.05, 4.69) is 5.32 Å². The van der Waals surface area contributed by atoms with Crippen molar-refractivity contribution in [2.24, 2.45) is 5.73 Å². The van der Waals surface area contributed by atoms with Crippen molar-refractivity contribution in [2.45, 2.75) is 50.5 Å². The molecule has 0 saturated carbocycles. The van der Waals surface area contributed by atoms with Gasteiger partial charge < -0.3 is 15.8 Å². The lowest BCUT2D eigenvalue weighted by atomic mass is 9.95. The van der Waals surface area contributed by atoms with Crippen LogP contribution in [0.4, 0.5) is 0 Å². The van der Waals surface area contributed by atoms with E-state index in [1.807, 2.05) is 24.3 Å². The Morgan fingerprint density at radius 2 is 2.11 bits per heavy atom. The predicted molar refractivity (Wildman–Crippen MR) is 72.5 cm³/mol. The Labute approximate surface area is 113 Å². The number of hydrogen-bond donors (Lipinski definition) is 2. The van der Waals surface area contributed by atoms with Crippen LogP contribution in [0, 0.1) is 0 Å². The van der Waals surface area contributed by atoms with Crippen molar-refractivity contribution >= 4 is 5.91 Å². The molecular weight excluding hydrogens is 240 g/mol. The maximum Gasteiger partial charge on any atom is 0.224 e. The van der Waals surface area contributed by atoms with Gasteiger partial charge in [0.25, 0.3) is 0 Å². The summed E-state index contributed by atoms with van der Waals surface area (Å²) < 4.78 is 5.75. The minimum absolute atomic E-state index is 0.0713. The number of ether oxygens (including phenoxy) is 1. The van der Waals surface area contributed by atoms with Crippen molar-refractivity contribution in [3.63, 3.8) is 0 Å². The Balaban J connectivity index is 1.59. The van der Waals surface area contributed by atoms with Crippen molar-refractivity contribution in [3.05, 3.63) is 35.4 Å². The zero-order valence-corrected chi connectivity index (χ0v) is 11.0. The molecule has 2 bridgehead atoms. The van der Waals surface area contributed by atoms with Crippen molar-refractivity contribution in [2.75, 3.05) is 0 Å². The Hall–Kier alpha value is -1.39. The Morgan fingerprint density at radius 3 is 2.74 bits per heavy atom. The summed E-state index contributed by atoms with van der Waals surface area (Å²) in [7, 11) is 0. The smallest absolute Gasteiger partial charge is 0.224 e. The minimum Gasteiger partial charge on any atom is -0.373 e. The lowest BCUT2D eigenvalue weighted by Crippen LogP contribution is -2.42. The third kappa shape index (κ3) is 2.65. The van der Waals surface area contributed by atoms with Crippen molar-refractivity contribution in [1.82, 2.24) is 5.32 Å². The van der Waals surface area contributed by atoms with Crippen LogP contribution in [0.1, 0.15) is 30.4 Å². The molecule has 3 N–H and O–H groups in total. The number of nitrogens with two attached hydrogens (primary N) is 1. The Kier molecular flexibility index (Phi) is 3.53. The van der Waals surface area contributed by atoms with E-state index < -0.39 is 0 Å². The van der Waals surface area contributed by atoms with Gasteiger partial charge in [-0.2, -0.15) is 0 Å². The van der Waals surface area contributed by atoms with Crippen molar-refractivity contribution < 1.29 is 9.53 Å². The summed E-state index contributed by atoms with van der Waals surface area (Å²) in [5.41, 5.74) is 7.75. The monoisotopic (exact) mass is 260 g/mol. The summed E-state index contributed by atoms with van der Waals surface area (Å²) in [6.45, 7) is 0.473. The second kappa shape index (κ2) is 5.31. The fraction of sp³-hybridized carbons (Fsp3) is 0.533. The van der Waals surface area contributed by atoms with Gasteiger partial charge in [-0.05, 0) is 30.4 Å². The first-order valence-electron chi connectivity index (χ1n) is 6.98. The van der Waals surface area contributed by atoms with Gasteiger partial charge in [-0.3, -0.25) is 4.79 Å². The van der Waals surface area contributed by atoms with Crippen LogP contribution in [-0.4, -0.2) is 24.2 Å². The highest BCUT2D eigenvalue weighted by Crippen LogP contribution is 2.34. The lowest BCUT2D eigenvalue weighted by molar-refractivity contribution is -0.121. The van der Waals surface area contributed by atoms with Crippen molar-refractivity contribution in [3.8, 4) is 0 Å². The van der Waals surface area contributed by atoms with Gasteiger partial charge in [0.1, 0.15) is 0 Å².